The van der Waals surface area contributed by atoms with Crippen LogP contribution in [0.3, 0.4) is 0 Å². The van der Waals surface area contributed by atoms with Gasteiger partial charge in [0.1, 0.15) is 6.07 Å². The fourth-order valence-electron chi connectivity index (χ4n) is 2.42. The summed E-state index contributed by atoms with van der Waals surface area (Å²) in [6.45, 7) is 1.69. The molecule has 0 fully saturated rings. The maximum absolute atomic E-state index is 10.8. The van der Waals surface area contributed by atoms with Gasteiger partial charge in [0.2, 0.25) is 0 Å². The lowest BCUT2D eigenvalue weighted by atomic mass is 9.98. The number of ketones is 1. The second-order valence-corrected chi connectivity index (χ2v) is 8.96. The first-order valence-electron chi connectivity index (χ1n) is 17.3. The van der Waals surface area contributed by atoms with Crippen molar-refractivity contribution in [3.05, 3.63) is 23.8 Å². The summed E-state index contributed by atoms with van der Waals surface area (Å²) in [5, 5.41) is 8.43. The van der Waals surface area contributed by atoms with Crippen molar-refractivity contribution in [3.63, 3.8) is 0 Å². The molecule has 1 aliphatic rings. The van der Waals surface area contributed by atoms with Gasteiger partial charge in [-0.1, -0.05) is 17.9 Å². The lowest BCUT2D eigenvalue weighted by Crippen LogP contribution is -2.05. The summed E-state index contributed by atoms with van der Waals surface area (Å²) in [5.74, 6) is 134. The molecule has 0 spiro atoms. The maximum atomic E-state index is 10.8. The summed E-state index contributed by atoms with van der Waals surface area (Å²) in [4.78, 5) is 27.1. The number of hydrogen-bond donors (Lipinski definition) is 0. The van der Waals surface area contributed by atoms with E-state index < -0.39 is 0 Å². The molecule has 0 aliphatic heterocycles. The van der Waals surface area contributed by atoms with Gasteiger partial charge in [-0.2, -0.15) is 14.9 Å². The Hall–Kier alpha value is -14.3. The van der Waals surface area contributed by atoms with E-state index in [1.54, 1.807) is 19.1 Å². The highest BCUT2D eigenvalue weighted by atomic mass is 16.2. The van der Waals surface area contributed by atoms with Gasteiger partial charge in [-0.25, -0.2) is 0 Å². The Bertz CT molecular complexity index is 4150. The first kappa shape index (κ1) is 56.8. The number of terminal acetylenes is 2. The Morgan fingerprint density at radius 3 is 0.710 bits per heavy atom. The molecule has 4 heteroatoms. The number of rotatable bonds is 0. The molecule has 1 atom stereocenters. The van der Waals surface area contributed by atoms with Crippen LogP contribution in [0.2, 0.25) is 0 Å². The molecule has 0 bridgehead atoms. The third kappa shape index (κ3) is 48.0. The lowest BCUT2D eigenvalue weighted by molar-refractivity contribution is -0.191. The Morgan fingerprint density at radius 2 is 0.551 bits per heavy atom. The Kier molecular flexibility index (Phi) is 42.6. The topological polar surface area (TPSA) is 75.0 Å². The minimum atomic E-state index is -0.265. The molecule has 292 valence electrons. The molecule has 1 unspecified atom stereocenters. The third-order valence-corrected chi connectivity index (χ3v) is 4.70. The van der Waals surface area contributed by atoms with E-state index in [1.165, 1.54) is 12.2 Å². The summed E-state index contributed by atoms with van der Waals surface area (Å²) in [6.07, 6.45) is 14.7. The minimum absolute atomic E-state index is 0.135. The molecule has 0 radical (unpaired) electrons. The number of hydrogen-bond acceptors (Lipinski definition) is 4. The first-order valence-corrected chi connectivity index (χ1v) is 17.3. The standard InChI is InChI=1S/C55H4.C9H5NO.CO2/c1-3-5-7-9-11-13-15-17-19-21-23-25-27-29-31-33-35-37-39-41-43-45-47-49-51-53-55-54-52-50-48-46-44-42-40-38-36-34-32-30-28-26-24-22-20-18-16-14-12-10-8-6-4-2;1-2-7-3-4-9(11)8(5-7)6-10;2-1-3/h1H,2H3;1,3-5,7H;. The quantitative estimate of drug-likeness (QED) is 0.341. The van der Waals surface area contributed by atoms with Gasteiger partial charge in [0.05, 0.1) is 11.5 Å². The highest BCUT2D eigenvalue weighted by molar-refractivity contribution is 6.07. The summed E-state index contributed by atoms with van der Waals surface area (Å²) < 4.78 is 0. The van der Waals surface area contributed by atoms with E-state index in [2.05, 4.69) is 320 Å². The SMILES string of the molecule is C#CC#CC#CC#CC#CC#CC#CC#CC#CC#CC#CC#CC#CC#CC#CC#CC#CC#CC#CC#CC#CC#CC#CC#CC#CC#CC#CC.C#CC1C=CC(=O)C(C#N)=C1.O=C=O. The fourth-order valence-corrected chi connectivity index (χ4v) is 2.42. The maximum Gasteiger partial charge on any atom is 0.373 e. The first-order chi connectivity index (χ1) is 34.1. The van der Waals surface area contributed by atoms with Crippen LogP contribution >= 0.6 is 0 Å². The summed E-state index contributed by atoms with van der Waals surface area (Å²) in [6, 6.07) is 1.78. The van der Waals surface area contributed by atoms with Gasteiger partial charge in [-0.05, 0) is 114 Å². The van der Waals surface area contributed by atoms with E-state index >= 15 is 0 Å². The number of carbonyl (C=O) groups is 1. The van der Waals surface area contributed by atoms with E-state index in [1.807, 2.05) is 0 Å². The van der Waals surface area contributed by atoms with E-state index in [9.17, 15) is 4.79 Å². The van der Waals surface area contributed by atoms with Crippen molar-refractivity contribution in [2.24, 2.45) is 5.92 Å². The summed E-state index contributed by atoms with van der Waals surface area (Å²) in [7, 11) is 0. The predicted octanol–water partition coefficient (Wildman–Crippen LogP) is 0.969. The highest BCUT2D eigenvalue weighted by Gasteiger charge is 2.12. The molecule has 0 aromatic rings. The molecule has 0 saturated carbocycles. The second-order valence-electron chi connectivity index (χ2n) is 8.96. The van der Waals surface area contributed by atoms with Crippen molar-refractivity contribution in [2.45, 2.75) is 6.92 Å². The Balaban J connectivity index is 0. The average Bonchev–Trinajstić information content (AvgIpc) is 3.36. The zero-order valence-corrected chi connectivity index (χ0v) is 35.1. The molecule has 4 nitrogen and oxygen atoms in total. The van der Waals surface area contributed by atoms with Gasteiger partial charge >= 0.3 is 6.15 Å². The number of carbonyl (C=O) groups excluding carboxylic acids is 3. The van der Waals surface area contributed by atoms with Crippen LogP contribution in [0, 0.1) is 350 Å². The van der Waals surface area contributed by atoms with Crippen LogP contribution < -0.4 is 0 Å². The minimum Gasteiger partial charge on any atom is -0.289 e. The average molecular weight is 852 g/mol. The molecule has 0 N–H and O–H groups in total. The van der Waals surface area contributed by atoms with Gasteiger partial charge in [-0.15, -0.1) is 12.8 Å². The van der Waals surface area contributed by atoms with Gasteiger partial charge in [0.25, 0.3) is 0 Å². The van der Waals surface area contributed by atoms with Crippen LogP contribution in [-0.4, -0.2) is 11.9 Å². The zero-order valence-electron chi connectivity index (χ0n) is 35.1. The van der Waals surface area contributed by atoms with Crippen LogP contribution in [-0.2, 0) is 14.4 Å². The van der Waals surface area contributed by atoms with Crippen molar-refractivity contribution < 1.29 is 14.4 Å². The van der Waals surface area contributed by atoms with Crippen molar-refractivity contribution in [2.75, 3.05) is 0 Å². The highest BCUT2D eigenvalue weighted by Crippen LogP contribution is 2.11. The Morgan fingerprint density at radius 1 is 0.362 bits per heavy atom. The molecule has 0 saturated heterocycles. The van der Waals surface area contributed by atoms with Crippen LogP contribution in [0.1, 0.15) is 6.92 Å². The molecular weight excluding hydrogens is 843 g/mol. The van der Waals surface area contributed by atoms with Crippen LogP contribution in [0.25, 0.3) is 0 Å². The van der Waals surface area contributed by atoms with Crippen LogP contribution in [0.4, 0.5) is 0 Å². The fraction of sp³-hybridized carbons (Fsp3) is 0.0308. The molecule has 0 aromatic carbocycles. The lowest BCUT2D eigenvalue weighted by Gasteiger charge is -2.03. The second kappa shape index (κ2) is 51.7. The van der Waals surface area contributed by atoms with Crippen LogP contribution in [0.15, 0.2) is 23.8 Å². The normalized spacial score (nSPS) is 6.72. The Labute approximate surface area is 405 Å². The number of nitrogens with zero attached hydrogens (tertiary/aromatic N) is 1. The van der Waals surface area contributed by atoms with E-state index in [0.29, 0.717) is 0 Å². The van der Waals surface area contributed by atoms with Gasteiger partial charge in [0, 0.05) is 213 Å². The molecule has 1 aliphatic carbocycles. The van der Waals surface area contributed by atoms with E-state index in [4.69, 9.17) is 27.7 Å². The smallest absolute Gasteiger partial charge is 0.289 e. The third-order valence-electron chi connectivity index (χ3n) is 4.70. The predicted molar refractivity (Wildman–Crippen MR) is 262 cm³/mol. The van der Waals surface area contributed by atoms with Crippen molar-refractivity contribution in [3.8, 4) is 339 Å². The molecule has 69 heavy (non-hydrogen) atoms. The van der Waals surface area contributed by atoms with Crippen molar-refractivity contribution >= 4 is 11.9 Å². The summed E-state index contributed by atoms with van der Waals surface area (Å²) in [5.41, 5.74) is 0.135. The largest absolute Gasteiger partial charge is 0.373 e. The molecular formula is C65H9NO3. The van der Waals surface area contributed by atoms with Gasteiger partial charge in [-0.3, -0.25) is 4.79 Å². The van der Waals surface area contributed by atoms with Crippen molar-refractivity contribution in [1.82, 2.24) is 0 Å². The molecule has 0 aromatic heterocycles. The zero-order chi connectivity index (χ0) is 50.5. The van der Waals surface area contributed by atoms with Crippen LogP contribution in [0.5, 0.6) is 0 Å². The molecule has 0 amide bonds. The van der Waals surface area contributed by atoms with Gasteiger partial charge in [0.15, 0.2) is 5.78 Å². The van der Waals surface area contributed by atoms with Crippen molar-refractivity contribution in [1.29, 1.82) is 5.26 Å². The van der Waals surface area contributed by atoms with E-state index in [-0.39, 0.29) is 23.4 Å². The number of nitriles is 1. The molecule has 0 heterocycles. The summed E-state index contributed by atoms with van der Waals surface area (Å²) >= 11 is 0. The van der Waals surface area contributed by atoms with E-state index in [0.717, 1.165) is 0 Å². The molecule has 1 rings (SSSR count). The number of allylic oxidation sites excluding steroid dienone is 4. The van der Waals surface area contributed by atoms with Gasteiger partial charge < -0.3 is 0 Å². The monoisotopic (exact) mass is 851 g/mol.